The minimum Gasteiger partial charge on any atom is -0.465 e. The van der Waals surface area contributed by atoms with Gasteiger partial charge in [0.2, 0.25) is 0 Å². The molecule has 0 aromatic rings. The van der Waals surface area contributed by atoms with E-state index >= 15 is 0 Å². The summed E-state index contributed by atoms with van der Waals surface area (Å²) < 4.78 is 9.78. The minimum atomic E-state index is -1.49. The Morgan fingerprint density at radius 3 is 1.88 bits per heavy atom. The molecule has 92 valence electrons. The number of aldehydes is 1. The molecule has 0 fully saturated rings. The molecule has 16 heavy (non-hydrogen) atoms. The van der Waals surface area contributed by atoms with Gasteiger partial charge >= 0.3 is 11.9 Å². The van der Waals surface area contributed by atoms with E-state index in [1.54, 1.807) is 13.8 Å². The lowest BCUT2D eigenvalue weighted by Gasteiger charge is -2.24. The number of hydrogen-bond acceptors (Lipinski definition) is 5. The Morgan fingerprint density at radius 2 is 1.62 bits per heavy atom. The smallest absolute Gasteiger partial charge is 0.324 e. The maximum Gasteiger partial charge on any atom is 0.324 e. The molecule has 0 heterocycles. The van der Waals surface area contributed by atoms with Gasteiger partial charge in [0, 0.05) is 10.8 Å². The summed E-state index contributed by atoms with van der Waals surface area (Å²) in [6.07, 6.45) is 0.320. The molecule has 0 rings (SSSR count). The zero-order chi connectivity index (χ0) is 12.6. The maximum atomic E-state index is 11.7. The fourth-order valence-corrected chi connectivity index (χ4v) is 2.03. The predicted molar refractivity (Wildman–Crippen MR) is 65.3 cm³/mol. The number of carbonyl (C=O) groups excluding carboxylic acids is 3. The van der Waals surface area contributed by atoms with E-state index in [2.05, 4.69) is 0 Å². The quantitative estimate of drug-likeness (QED) is 0.228. The van der Waals surface area contributed by atoms with Crippen molar-refractivity contribution in [1.82, 2.24) is 0 Å². The number of rotatable bonds is 7. The van der Waals surface area contributed by atoms with E-state index in [0.29, 0.717) is 6.29 Å². The van der Waals surface area contributed by atoms with Crippen molar-refractivity contribution in [1.29, 1.82) is 0 Å². The van der Waals surface area contributed by atoms with Gasteiger partial charge in [-0.15, -0.1) is 0 Å². The van der Waals surface area contributed by atoms with Gasteiger partial charge in [0.05, 0.1) is 13.2 Å². The Morgan fingerprint density at radius 1 is 1.19 bits per heavy atom. The van der Waals surface area contributed by atoms with Crippen LogP contribution in [0, 0.1) is 5.41 Å². The van der Waals surface area contributed by atoms with Crippen LogP contribution in [0.5, 0.6) is 0 Å². The lowest BCUT2D eigenvalue weighted by Crippen LogP contribution is -2.44. The average Bonchev–Trinajstić information content (AvgIpc) is 2.26. The number of ether oxygens (including phenoxy) is 2. The van der Waals surface area contributed by atoms with Crippen molar-refractivity contribution in [3.05, 3.63) is 0 Å². The van der Waals surface area contributed by atoms with Gasteiger partial charge in [-0.3, -0.25) is 9.59 Å². The number of alkyl halides is 1. The second-order valence-corrected chi connectivity index (χ2v) is 3.79. The van der Waals surface area contributed by atoms with Crippen molar-refractivity contribution in [3.8, 4) is 0 Å². The Kier molecular flexibility index (Phi) is 7.27. The van der Waals surface area contributed by atoms with Crippen LogP contribution in [0.15, 0.2) is 0 Å². The summed E-state index contributed by atoms with van der Waals surface area (Å²) in [4.78, 5) is 34.0. The van der Waals surface area contributed by atoms with Crippen LogP contribution in [0.3, 0.4) is 0 Å². The number of hydrogen-bond donors (Lipinski definition) is 0. The highest BCUT2D eigenvalue weighted by molar-refractivity contribution is 14.1. The molecule has 0 N–H and O–H groups in total. The van der Waals surface area contributed by atoms with E-state index in [1.807, 2.05) is 22.6 Å². The molecule has 5 nitrogen and oxygen atoms in total. The third kappa shape index (κ3) is 3.43. The second kappa shape index (κ2) is 7.59. The van der Waals surface area contributed by atoms with Crippen LogP contribution in [0.4, 0.5) is 0 Å². The van der Waals surface area contributed by atoms with Gasteiger partial charge in [-0.05, 0) is 13.8 Å². The summed E-state index contributed by atoms with van der Waals surface area (Å²) in [5, 5.41) is 0. The van der Waals surface area contributed by atoms with Gasteiger partial charge in [-0.1, -0.05) is 22.6 Å². The molecule has 0 unspecified atom stereocenters. The second-order valence-electron chi connectivity index (χ2n) is 3.03. The monoisotopic (exact) mass is 342 g/mol. The average molecular weight is 342 g/mol. The third-order valence-electron chi connectivity index (χ3n) is 1.99. The highest BCUT2D eigenvalue weighted by Gasteiger charge is 2.47. The number of halogens is 1. The van der Waals surface area contributed by atoms with Crippen LogP contribution < -0.4 is 0 Å². The topological polar surface area (TPSA) is 69.7 Å². The van der Waals surface area contributed by atoms with Crippen LogP contribution in [-0.4, -0.2) is 35.9 Å². The van der Waals surface area contributed by atoms with Crippen molar-refractivity contribution < 1.29 is 23.9 Å². The maximum absolute atomic E-state index is 11.7. The normalized spacial score (nSPS) is 10.7. The molecule has 0 aliphatic heterocycles. The molecule has 6 heteroatoms. The van der Waals surface area contributed by atoms with Gasteiger partial charge in [0.25, 0.3) is 0 Å². The van der Waals surface area contributed by atoms with E-state index < -0.39 is 17.4 Å². The summed E-state index contributed by atoms with van der Waals surface area (Å²) in [6.45, 7) is 3.61. The summed E-state index contributed by atoms with van der Waals surface area (Å²) in [6, 6.07) is 0. The number of carbonyl (C=O) groups is 3. The van der Waals surface area contributed by atoms with E-state index in [0.717, 1.165) is 0 Å². The molecule has 0 saturated carbocycles. The van der Waals surface area contributed by atoms with Crippen LogP contribution >= 0.6 is 22.6 Å². The molecule has 0 aromatic heterocycles. The Labute approximate surface area is 108 Å². The Hall–Kier alpha value is -0.660. The molecule has 0 amide bonds. The SMILES string of the molecule is CCOC(=O)C(CI)(CC=O)C(=O)OCC. The highest BCUT2D eigenvalue weighted by Crippen LogP contribution is 2.28. The standard InChI is InChI=1S/C10H15IO5/c1-3-15-8(13)10(7-11,5-6-12)9(14)16-4-2/h6H,3-5,7H2,1-2H3. The highest BCUT2D eigenvalue weighted by atomic mass is 127. The van der Waals surface area contributed by atoms with Gasteiger partial charge in [-0.25, -0.2) is 0 Å². The lowest BCUT2D eigenvalue weighted by molar-refractivity contribution is -0.170. The summed E-state index contributed by atoms with van der Waals surface area (Å²) in [7, 11) is 0. The van der Waals surface area contributed by atoms with Gasteiger partial charge in [0.1, 0.15) is 6.29 Å². The summed E-state index contributed by atoms with van der Waals surface area (Å²) in [5.74, 6) is -1.40. The molecule has 0 atom stereocenters. The molecular formula is C10H15IO5. The minimum absolute atomic E-state index is 0.154. The van der Waals surface area contributed by atoms with E-state index in [-0.39, 0.29) is 24.1 Å². The van der Waals surface area contributed by atoms with Crippen molar-refractivity contribution >= 4 is 40.8 Å². The first-order valence-corrected chi connectivity index (χ1v) is 6.45. The van der Waals surface area contributed by atoms with Gasteiger partial charge in [0.15, 0.2) is 5.41 Å². The Bertz CT molecular complexity index is 246. The van der Waals surface area contributed by atoms with E-state index in [9.17, 15) is 14.4 Å². The molecule has 0 spiro atoms. The molecular weight excluding hydrogens is 327 g/mol. The number of esters is 2. The first-order valence-electron chi connectivity index (χ1n) is 4.93. The zero-order valence-corrected chi connectivity index (χ0v) is 11.5. The fourth-order valence-electron chi connectivity index (χ4n) is 1.09. The molecule has 0 saturated heterocycles. The predicted octanol–water partition coefficient (Wildman–Crippen LogP) is 1.12. The fraction of sp³-hybridized carbons (Fsp3) is 0.700. The molecule has 0 bridgehead atoms. The van der Waals surface area contributed by atoms with Crippen LogP contribution in [0.1, 0.15) is 20.3 Å². The van der Waals surface area contributed by atoms with E-state index in [4.69, 9.17) is 9.47 Å². The summed E-state index contributed by atoms with van der Waals surface area (Å²) in [5.41, 5.74) is -1.49. The van der Waals surface area contributed by atoms with Crippen LogP contribution in [0.2, 0.25) is 0 Å². The van der Waals surface area contributed by atoms with Gasteiger partial charge in [-0.2, -0.15) is 0 Å². The van der Waals surface area contributed by atoms with Crippen molar-refractivity contribution in [3.63, 3.8) is 0 Å². The summed E-state index contributed by atoms with van der Waals surface area (Å²) >= 11 is 1.87. The van der Waals surface area contributed by atoms with E-state index in [1.165, 1.54) is 0 Å². The Balaban J connectivity index is 5.04. The third-order valence-corrected chi connectivity index (χ3v) is 3.29. The molecule has 0 radical (unpaired) electrons. The van der Waals surface area contributed by atoms with Crippen LogP contribution in [-0.2, 0) is 23.9 Å². The lowest BCUT2D eigenvalue weighted by atomic mass is 9.87. The molecule has 0 aliphatic rings. The van der Waals surface area contributed by atoms with Crippen molar-refractivity contribution in [2.24, 2.45) is 5.41 Å². The van der Waals surface area contributed by atoms with Crippen molar-refractivity contribution in [2.75, 3.05) is 17.6 Å². The first-order chi connectivity index (χ1) is 7.58. The largest absolute Gasteiger partial charge is 0.465 e. The van der Waals surface area contributed by atoms with Crippen LogP contribution in [0.25, 0.3) is 0 Å². The van der Waals surface area contributed by atoms with Gasteiger partial charge < -0.3 is 14.3 Å². The molecule has 0 aromatic carbocycles. The zero-order valence-electron chi connectivity index (χ0n) is 9.32. The first kappa shape index (κ1) is 15.3. The molecule has 0 aliphatic carbocycles. The van der Waals surface area contributed by atoms with Crippen molar-refractivity contribution in [2.45, 2.75) is 20.3 Å².